The van der Waals surface area contributed by atoms with E-state index < -0.39 is 5.97 Å². The van der Waals surface area contributed by atoms with Crippen LogP contribution in [0.5, 0.6) is 0 Å². The van der Waals surface area contributed by atoms with Gasteiger partial charge in [-0.15, -0.1) is 0 Å². The van der Waals surface area contributed by atoms with Gasteiger partial charge in [0.2, 0.25) is 0 Å². The van der Waals surface area contributed by atoms with E-state index in [-0.39, 0.29) is 5.56 Å². The van der Waals surface area contributed by atoms with E-state index in [4.69, 9.17) is 5.41 Å². The van der Waals surface area contributed by atoms with Gasteiger partial charge in [0, 0.05) is 6.21 Å². The zero-order chi connectivity index (χ0) is 13.8. The molecule has 2 aromatic carbocycles. The Morgan fingerprint density at radius 1 is 1.21 bits per heavy atom. The highest BCUT2D eigenvalue weighted by Gasteiger charge is 2.14. The first-order valence-electron chi connectivity index (χ1n) is 6.03. The van der Waals surface area contributed by atoms with Crippen molar-refractivity contribution >= 4 is 12.2 Å². The number of nitrogens with one attached hydrogen (secondary N) is 1. The lowest BCUT2D eigenvalue weighted by Crippen LogP contribution is -2.07. The van der Waals surface area contributed by atoms with Crippen LogP contribution in [0.25, 0.3) is 0 Å². The first-order chi connectivity index (χ1) is 9.13. The number of hydrogen-bond donors (Lipinski definition) is 2. The zero-order valence-electron chi connectivity index (χ0n) is 10.7. The Morgan fingerprint density at radius 3 is 2.58 bits per heavy atom. The number of benzene rings is 2. The third kappa shape index (κ3) is 2.71. The summed E-state index contributed by atoms with van der Waals surface area (Å²) in [6.45, 7) is 2.00. The average Bonchev–Trinajstić information content (AvgIpc) is 2.41. The second kappa shape index (κ2) is 5.48. The minimum absolute atomic E-state index is 0.268. The molecule has 0 spiro atoms. The summed E-state index contributed by atoms with van der Waals surface area (Å²) < 4.78 is 0. The number of carbonyl (C=O) groups is 1. The molecule has 2 rings (SSSR count). The lowest BCUT2D eigenvalue weighted by molar-refractivity contribution is 0.0696. The number of carboxylic acid groups (broad SMARTS) is 1. The van der Waals surface area contributed by atoms with Crippen LogP contribution in [0.1, 0.15) is 32.6 Å². The van der Waals surface area contributed by atoms with E-state index >= 15 is 0 Å². The number of aromatic carboxylic acids is 1. The van der Waals surface area contributed by atoms with E-state index in [1.54, 1.807) is 18.2 Å². The molecule has 0 aromatic heterocycles. The first-order valence-corrected chi connectivity index (χ1v) is 6.03. The largest absolute Gasteiger partial charge is 0.478 e. The van der Waals surface area contributed by atoms with Crippen LogP contribution >= 0.6 is 0 Å². The third-order valence-corrected chi connectivity index (χ3v) is 3.23. The van der Waals surface area contributed by atoms with Crippen molar-refractivity contribution in [2.45, 2.75) is 13.3 Å². The maximum Gasteiger partial charge on any atom is 0.335 e. The van der Waals surface area contributed by atoms with E-state index in [1.807, 2.05) is 31.2 Å². The Labute approximate surface area is 112 Å². The molecule has 0 amide bonds. The summed E-state index contributed by atoms with van der Waals surface area (Å²) in [5.41, 5.74) is 3.82. The van der Waals surface area contributed by atoms with Crippen LogP contribution in [0, 0.1) is 12.3 Å². The van der Waals surface area contributed by atoms with Crippen molar-refractivity contribution in [2.24, 2.45) is 0 Å². The predicted molar refractivity (Wildman–Crippen MR) is 75.3 cm³/mol. The van der Waals surface area contributed by atoms with Gasteiger partial charge in [-0.25, -0.2) is 4.79 Å². The summed E-state index contributed by atoms with van der Waals surface area (Å²) in [6.07, 6.45) is 1.74. The highest BCUT2D eigenvalue weighted by molar-refractivity contribution is 5.93. The molecule has 0 aliphatic heterocycles. The van der Waals surface area contributed by atoms with E-state index in [2.05, 4.69) is 0 Å². The molecule has 0 saturated carbocycles. The Bertz CT molecular complexity index is 632. The Hall–Kier alpha value is -2.42. The molecule has 0 aliphatic carbocycles. The van der Waals surface area contributed by atoms with E-state index in [0.29, 0.717) is 17.5 Å². The standard InChI is InChI=1S/C16H15NO2/c1-11-5-2-3-6-12(11)9-15-13(10-17)7-4-8-14(15)16(18)19/h2-8,10,17H,9H2,1H3,(H,18,19). The highest BCUT2D eigenvalue weighted by atomic mass is 16.4. The number of hydrogen-bond acceptors (Lipinski definition) is 2. The van der Waals surface area contributed by atoms with Crippen LogP contribution in [-0.2, 0) is 6.42 Å². The van der Waals surface area contributed by atoms with Crippen molar-refractivity contribution in [3.05, 3.63) is 70.3 Å². The number of carboxylic acids is 1. The maximum absolute atomic E-state index is 11.3. The molecule has 2 N–H and O–H groups in total. The smallest absolute Gasteiger partial charge is 0.335 e. The van der Waals surface area contributed by atoms with Gasteiger partial charge in [-0.2, -0.15) is 0 Å². The molecule has 0 aliphatic rings. The van der Waals surface area contributed by atoms with Gasteiger partial charge >= 0.3 is 5.97 Å². The fraction of sp³-hybridized carbons (Fsp3) is 0.125. The molecule has 3 heteroatoms. The summed E-state index contributed by atoms with van der Waals surface area (Å²) in [6, 6.07) is 12.9. The van der Waals surface area contributed by atoms with Crippen LogP contribution in [0.15, 0.2) is 42.5 Å². The summed E-state index contributed by atoms with van der Waals surface area (Å²) >= 11 is 0. The minimum Gasteiger partial charge on any atom is -0.478 e. The monoisotopic (exact) mass is 253 g/mol. The normalized spacial score (nSPS) is 10.2. The average molecular weight is 253 g/mol. The van der Waals surface area contributed by atoms with E-state index in [9.17, 15) is 9.90 Å². The van der Waals surface area contributed by atoms with Gasteiger partial charge in [0.1, 0.15) is 0 Å². The number of rotatable bonds is 4. The molecule has 0 radical (unpaired) electrons. The Kier molecular flexibility index (Phi) is 3.76. The first kappa shape index (κ1) is 13.0. The molecule has 19 heavy (non-hydrogen) atoms. The van der Waals surface area contributed by atoms with Gasteiger partial charge in [0.05, 0.1) is 5.56 Å². The molecule has 0 unspecified atom stereocenters. The Morgan fingerprint density at radius 2 is 1.95 bits per heavy atom. The van der Waals surface area contributed by atoms with Crippen molar-refractivity contribution < 1.29 is 9.90 Å². The highest BCUT2D eigenvalue weighted by Crippen LogP contribution is 2.20. The summed E-state index contributed by atoms with van der Waals surface area (Å²) in [4.78, 5) is 11.3. The van der Waals surface area contributed by atoms with Crippen molar-refractivity contribution in [3.8, 4) is 0 Å². The van der Waals surface area contributed by atoms with Crippen molar-refractivity contribution in [2.75, 3.05) is 0 Å². The second-order valence-corrected chi connectivity index (χ2v) is 4.43. The number of aryl methyl sites for hydroxylation is 1. The van der Waals surface area contributed by atoms with Gasteiger partial charge in [-0.05, 0) is 41.7 Å². The fourth-order valence-electron chi connectivity index (χ4n) is 2.14. The van der Waals surface area contributed by atoms with Crippen LogP contribution in [0.3, 0.4) is 0 Å². The molecular weight excluding hydrogens is 238 g/mol. The summed E-state index contributed by atoms with van der Waals surface area (Å²) in [5, 5.41) is 16.7. The van der Waals surface area contributed by atoms with Crippen LogP contribution < -0.4 is 0 Å². The topological polar surface area (TPSA) is 61.2 Å². The van der Waals surface area contributed by atoms with Gasteiger partial charge < -0.3 is 10.5 Å². The molecule has 0 fully saturated rings. The van der Waals surface area contributed by atoms with Crippen LogP contribution in [0.2, 0.25) is 0 Å². The second-order valence-electron chi connectivity index (χ2n) is 4.43. The fourth-order valence-corrected chi connectivity index (χ4v) is 2.14. The lowest BCUT2D eigenvalue weighted by Gasteiger charge is -2.11. The van der Waals surface area contributed by atoms with Crippen LogP contribution in [-0.4, -0.2) is 17.3 Å². The molecule has 96 valence electrons. The Balaban J connectivity index is 2.52. The minimum atomic E-state index is -0.952. The third-order valence-electron chi connectivity index (χ3n) is 3.23. The van der Waals surface area contributed by atoms with Gasteiger partial charge in [0.25, 0.3) is 0 Å². The van der Waals surface area contributed by atoms with Crippen molar-refractivity contribution in [1.82, 2.24) is 0 Å². The van der Waals surface area contributed by atoms with E-state index in [0.717, 1.165) is 11.1 Å². The van der Waals surface area contributed by atoms with E-state index in [1.165, 1.54) is 6.21 Å². The quantitative estimate of drug-likeness (QED) is 0.821. The molecule has 0 saturated heterocycles. The SMILES string of the molecule is Cc1ccccc1Cc1c(C=N)cccc1C(=O)O. The zero-order valence-corrected chi connectivity index (χ0v) is 10.7. The van der Waals surface area contributed by atoms with Crippen LogP contribution in [0.4, 0.5) is 0 Å². The predicted octanol–water partition coefficient (Wildman–Crippen LogP) is 3.28. The van der Waals surface area contributed by atoms with Gasteiger partial charge in [0.15, 0.2) is 0 Å². The van der Waals surface area contributed by atoms with Crippen molar-refractivity contribution in [3.63, 3.8) is 0 Å². The van der Waals surface area contributed by atoms with Crippen molar-refractivity contribution in [1.29, 1.82) is 5.41 Å². The molecule has 0 heterocycles. The summed E-state index contributed by atoms with van der Waals surface area (Å²) in [5.74, 6) is -0.952. The molecule has 2 aromatic rings. The molecule has 0 bridgehead atoms. The van der Waals surface area contributed by atoms with Gasteiger partial charge in [-0.1, -0.05) is 36.4 Å². The lowest BCUT2D eigenvalue weighted by atomic mass is 9.93. The molecule has 0 atom stereocenters. The maximum atomic E-state index is 11.3. The summed E-state index contributed by atoms with van der Waals surface area (Å²) in [7, 11) is 0. The van der Waals surface area contributed by atoms with Gasteiger partial charge in [-0.3, -0.25) is 0 Å². The molecular formula is C16H15NO2. The molecule has 3 nitrogen and oxygen atoms in total.